The zero-order valence-electron chi connectivity index (χ0n) is 11.4. The molecule has 0 bridgehead atoms. The molecule has 4 nitrogen and oxygen atoms in total. The summed E-state index contributed by atoms with van der Waals surface area (Å²) in [6.45, 7) is 2.08. The Hall–Kier alpha value is -1.68. The van der Waals surface area contributed by atoms with Gasteiger partial charge < -0.3 is 9.88 Å². The minimum atomic E-state index is 0.970. The van der Waals surface area contributed by atoms with E-state index in [4.69, 9.17) is 4.98 Å². The topological polar surface area (TPSA) is 42.7 Å². The molecule has 0 atom stereocenters. The van der Waals surface area contributed by atoms with Crippen LogP contribution in [0.4, 0.5) is 0 Å². The third-order valence-corrected chi connectivity index (χ3v) is 3.70. The summed E-state index contributed by atoms with van der Waals surface area (Å²) in [5.74, 6) is 1.20. The Balaban J connectivity index is 2.02. The second-order valence-corrected chi connectivity index (χ2v) is 5.00. The van der Waals surface area contributed by atoms with E-state index in [9.17, 15) is 0 Å². The van der Waals surface area contributed by atoms with E-state index in [1.807, 2.05) is 25.4 Å². The van der Waals surface area contributed by atoms with E-state index in [0.717, 1.165) is 37.3 Å². The van der Waals surface area contributed by atoms with Crippen molar-refractivity contribution in [2.45, 2.75) is 32.2 Å². The van der Waals surface area contributed by atoms with Crippen LogP contribution in [0.1, 0.15) is 24.4 Å². The molecule has 0 unspecified atom stereocenters. The first kappa shape index (κ1) is 12.4. The zero-order valence-corrected chi connectivity index (χ0v) is 11.4. The fourth-order valence-electron chi connectivity index (χ4n) is 2.75. The quantitative estimate of drug-likeness (QED) is 0.910. The highest BCUT2D eigenvalue weighted by atomic mass is 15.1. The molecule has 0 amide bonds. The van der Waals surface area contributed by atoms with Gasteiger partial charge in [0.2, 0.25) is 0 Å². The van der Waals surface area contributed by atoms with E-state index in [0.29, 0.717) is 0 Å². The summed E-state index contributed by atoms with van der Waals surface area (Å²) in [4.78, 5) is 9.32. The summed E-state index contributed by atoms with van der Waals surface area (Å²) < 4.78 is 2.41. The molecular weight excluding hydrogens is 236 g/mol. The maximum absolute atomic E-state index is 4.86. The predicted molar refractivity (Wildman–Crippen MR) is 76.0 cm³/mol. The maximum atomic E-state index is 4.86. The highest BCUT2D eigenvalue weighted by Gasteiger charge is 2.20. The number of aromatic nitrogens is 3. The molecule has 100 valence electrons. The van der Waals surface area contributed by atoms with Crippen molar-refractivity contribution in [3.63, 3.8) is 0 Å². The van der Waals surface area contributed by atoms with Gasteiger partial charge in [0.25, 0.3) is 0 Å². The van der Waals surface area contributed by atoms with Crippen LogP contribution in [0.2, 0.25) is 0 Å². The first-order chi connectivity index (χ1) is 9.40. The van der Waals surface area contributed by atoms with Crippen LogP contribution in [-0.2, 0) is 19.4 Å². The SMILES string of the molecule is CNCCc1nc(-c2ccccn2)c2n1CCCC2. The highest BCUT2D eigenvalue weighted by Crippen LogP contribution is 2.27. The van der Waals surface area contributed by atoms with Gasteiger partial charge in [-0.15, -0.1) is 0 Å². The normalized spacial score (nSPS) is 14.4. The van der Waals surface area contributed by atoms with Crippen LogP contribution in [0.3, 0.4) is 0 Å². The van der Waals surface area contributed by atoms with Gasteiger partial charge >= 0.3 is 0 Å². The van der Waals surface area contributed by atoms with Crippen LogP contribution >= 0.6 is 0 Å². The van der Waals surface area contributed by atoms with Crippen molar-refractivity contribution in [1.82, 2.24) is 19.9 Å². The van der Waals surface area contributed by atoms with Crippen molar-refractivity contribution in [1.29, 1.82) is 0 Å². The van der Waals surface area contributed by atoms with Gasteiger partial charge in [-0.25, -0.2) is 4.98 Å². The Bertz CT molecular complexity index is 545. The third-order valence-electron chi connectivity index (χ3n) is 3.70. The van der Waals surface area contributed by atoms with Gasteiger partial charge in [0.1, 0.15) is 11.5 Å². The molecule has 1 aliphatic rings. The standard InChI is InChI=1S/C15H20N4/c1-16-10-8-14-18-15(12-6-2-4-9-17-12)13-7-3-5-11-19(13)14/h2,4,6,9,16H,3,5,7-8,10-11H2,1H3. The van der Waals surface area contributed by atoms with Gasteiger partial charge in [-0.1, -0.05) is 6.07 Å². The van der Waals surface area contributed by atoms with Crippen molar-refractivity contribution in [3.05, 3.63) is 35.9 Å². The lowest BCUT2D eigenvalue weighted by atomic mass is 10.1. The smallest absolute Gasteiger partial charge is 0.110 e. The Kier molecular flexibility index (Phi) is 3.60. The average Bonchev–Trinajstić information content (AvgIpc) is 2.85. The van der Waals surface area contributed by atoms with Crippen molar-refractivity contribution >= 4 is 0 Å². The number of likely N-dealkylation sites (N-methyl/N-ethyl adjacent to an activating group) is 1. The van der Waals surface area contributed by atoms with Crippen LogP contribution in [0.15, 0.2) is 24.4 Å². The van der Waals surface area contributed by atoms with Crippen LogP contribution in [-0.4, -0.2) is 28.1 Å². The fourth-order valence-corrected chi connectivity index (χ4v) is 2.75. The molecule has 4 heteroatoms. The Labute approximate surface area is 113 Å². The maximum Gasteiger partial charge on any atom is 0.110 e. The molecule has 0 aromatic carbocycles. The van der Waals surface area contributed by atoms with E-state index in [1.54, 1.807) is 0 Å². The van der Waals surface area contributed by atoms with E-state index >= 15 is 0 Å². The summed E-state index contributed by atoms with van der Waals surface area (Å²) in [5.41, 5.74) is 3.46. The van der Waals surface area contributed by atoms with Crippen LogP contribution in [0.25, 0.3) is 11.4 Å². The first-order valence-corrected chi connectivity index (χ1v) is 7.04. The van der Waals surface area contributed by atoms with Gasteiger partial charge in [-0.2, -0.15) is 0 Å². The number of nitrogens with one attached hydrogen (secondary N) is 1. The van der Waals surface area contributed by atoms with Gasteiger partial charge in [0.05, 0.1) is 5.69 Å². The Morgan fingerprint density at radius 2 is 2.26 bits per heavy atom. The van der Waals surface area contributed by atoms with Crippen LogP contribution in [0, 0.1) is 0 Å². The van der Waals surface area contributed by atoms with Crippen molar-refractivity contribution < 1.29 is 0 Å². The van der Waals surface area contributed by atoms with E-state index in [1.165, 1.54) is 24.4 Å². The van der Waals surface area contributed by atoms with Gasteiger partial charge in [0, 0.05) is 31.4 Å². The lowest BCUT2D eigenvalue weighted by Crippen LogP contribution is -2.17. The summed E-state index contributed by atoms with van der Waals surface area (Å²) in [6, 6.07) is 6.04. The van der Waals surface area contributed by atoms with Crippen molar-refractivity contribution in [3.8, 4) is 11.4 Å². The third kappa shape index (κ3) is 2.40. The number of hydrogen-bond donors (Lipinski definition) is 1. The molecule has 0 saturated heterocycles. The number of pyridine rings is 1. The highest BCUT2D eigenvalue weighted by molar-refractivity contribution is 5.58. The summed E-state index contributed by atoms with van der Waals surface area (Å²) in [7, 11) is 1.99. The minimum Gasteiger partial charge on any atom is -0.331 e. The lowest BCUT2D eigenvalue weighted by molar-refractivity contribution is 0.512. The lowest BCUT2D eigenvalue weighted by Gasteiger charge is -2.17. The van der Waals surface area contributed by atoms with Gasteiger partial charge in [-0.3, -0.25) is 4.98 Å². The van der Waals surface area contributed by atoms with Crippen LogP contribution < -0.4 is 5.32 Å². The molecule has 2 aromatic rings. The number of nitrogens with zero attached hydrogens (tertiary/aromatic N) is 3. The first-order valence-electron chi connectivity index (χ1n) is 7.04. The van der Waals surface area contributed by atoms with E-state index in [-0.39, 0.29) is 0 Å². The molecule has 0 radical (unpaired) electrons. The zero-order chi connectivity index (χ0) is 13.1. The fraction of sp³-hybridized carbons (Fsp3) is 0.467. The molecule has 0 fully saturated rings. The molecule has 0 spiro atoms. The number of fused-ring (bicyclic) bond motifs is 1. The Morgan fingerprint density at radius 3 is 3.05 bits per heavy atom. The van der Waals surface area contributed by atoms with E-state index < -0.39 is 0 Å². The summed E-state index contributed by atoms with van der Waals surface area (Å²) in [6.07, 6.45) is 6.47. The van der Waals surface area contributed by atoms with Crippen LogP contribution in [0.5, 0.6) is 0 Å². The number of rotatable bonds is 4. The molecule has 3 rings (SSSR count). The molecule has 2 aromatic heterocycles. The molecule has 19 heavy (non-hydrogen) atoms. The molecule has 0 saturated carbocycles. The van der Waals surface area contributed by atoms with Crippen molar-refractivity contribution in [2.75, 3.05) is 13.6 Å². The number of imidazole rings is 1. The molecule has 1 N–H and O–H groups in total. The molecular formula is C15H20N4. The minimum absolute atomic E-state index is 0.970. The molecule has 3 heterocycles. The predicted octanol–water partition coefficient (Wildman–Crippen LogP) is 2.04. The monoisotopic (exact) mass is 256 g/mol. The van der Waals surface area contributed by atoms with E-state index in [2.05, 4.69) is 20.9 Å². The number of hydrogen-bond acceptors (Lipinski definition) is 3. The van der Waals surface area contributed by atoms with Crippen molar-refractivity contribution in [2.24, 2.45) is 0 Å². The summed E-state index contributed by atoms with van der Waals surface area (Å²) in [5, 5.41) is 3.20. The molecule has 0 aliphatic carbocycles. The molecule has 1 aliphatic heterocycles. The largest absolute Gasteiger partial charge is 0.331 e. The average molecular weight is 256 g/mol. The van der Waals surface area contributed by atoms with Gasteiger partial charge in [0.15, 0.2) is 0 Å². The summed E-state index contributed by atoms with van der Waals surface area (Å²) >= 11 is 0. The van der Waals surface area contributed by atoms with Gasteiger partial charge in [-0.05, 0) is 38.4 Å². The second-order valence-electron chi connectivity index (χ2n) is 5.00. The Morgan fingerprint density at radius 1 is 1.32 bits per heavy atom. The second kappa shape index (κ2) is 5.53.